The number of hydrogen-bond donors (Lipinski definition) is 2. The number of aromatic amines is 1. The standard InChI is InChI=1S/C11H17N3O2/c1-6-10(7(2)14-13-6)11(15)12-9-4-5-16-8(9)3/h8-9H,4-5H2,1-3H3,(H,12,15)(H,13,14). The molecule has 88 valence electrons. The van der Waals surface area contributed by atoms with Gasteiger partial charge in [0, 0.05) is 12.3 Å². The van der Waals surface area contributed by atoms with E-state index in [2.05, 4.69) is 15.5 Å². The minimum absolute atomic E-state index is 0.0638. The van der Waals surface area contributed by atoms with Crippen molar-refractivity contribution in [1.82, 2.24) is 15.5 Å². The molecule has 2 N–H and O–H groups in total. The second-order valence-electron chi connectivity index (χ2n) is 4.25. The summed E-state index contributed by atoms with van der Waals surface area (Å²) < 4.78 is 5.41. The van der Waals surface area contributed by atoms with Gasteiger partial charge in [-0.15, -0.1) is 0 Å². The quantitative estimate of drug-likeness (QED) is 0.784. The molecule has 1 saturated heterocycles. The van der Waals surface area contributed by atoms with Gasteiger partial charge in [0.1, 0.15) is 0 Å². The van der Waals surface area contributed by atoms with E-state index in [1.807, 2.05) is 20.8 Å². The van der Waals surface area contributed by atoms with E-state index in [4.69, 9.17) is 4.74 Å². The summed E-state index contributed by atoms with van der Waals surface area (Å²) in [5.74, 6) is -0.0638. The van der Waals surface area contributed by atoms with E-state index >= 15 is 0 Å². The molecule has 1 amide bonds. The van der Waals surface area contributed by atoms with Crippen LogP contribution >= 0.6 is 0 Å². The normalized spacial score (nSPS) is 24.7. The highest BCUT2D eigenvalue weighted by Gasteiger charge is 2.27. The molecule has 5 heteroatoms. The maximum absolute atomic E-state index is 12.0. The van der Waals surface area contributed by atoms with Crippen molar-refractivity contribution in [2.45, 2.75) is 39.3 Å². The molecule has 16 heavy (non-hydrogen) atoms. The largest absolute Gasteiger partial charge is 0.376 e. The lowest BCUT2D eigenvalue weighted by Crippen LogP contribution is -2.39. The van der Waals surface area contributed by atoms with Crippen molar-refractivity contribution in [3.8, 4) is 0 Å². The first kappa shape index (κ1) is 11.1. The van der Waals surface area contributed by atoms with Crippen molar-refractivity contribution in [3.05, 3.63) is 17.0 Å². The average molecular weight is 223 g/mol. The first-order valence-corrected chi connectivity index (χ1v) is 5.53. The van der Waals surface area contributed by atoms with Gasteiger partial charge in [0.15, 0.2) is 0 Å². The summed E-state index contributed by atoms with van der Waals surface area (Å²) in [5.41, 5.74) is 2.20. The van der Waals surface area contributed by atoms with Crippen LogP contribution in [0.4, 0.5) is 0 Å². The molecule has 0 spiro atoms. The number of hydrogen-bond acceptors (Lipinski definition) is 3. The van der Waals surface area contributed by atoms with Gasteiger partial charge in [-0.2, -0.15) is 5.10 Å². The molecule has 0 bridgehead atoms. The highest BCUT2D eigenvalue weighted by atomic mass is 16.5. The van der Waals surface area contributed by atoms with Crippen LogP contribution in [0, 0.1) is 13.8 Å². The Labute approximate surface area is 94.6 Å². The Morgan fingerprint density at radius 2 is 2.31 bits per heavy atom. The predicted molar refractivity (Wildman–Crippen MR) is 59.3 cm³/mol. The third-order valence-corrected chi connectivity index (χ3v) is 3.05. The smallest absolute Gasteiger partial charge is 0.255 e. The summed E-state index contributed by atoms with van der Waals surface area (Å²) in [5, 5.41) is 9.81. The van der Waals surface area contributed by atoms with E-state index in [-0.39, 0.29) is 18.1 Å². The number of rotatable bonds is 2. The van der Waals surface area contributed by atoms with Crippen LogP contribution in [-0.2, 0) is 4.74 Å². The first-order chi connectivity index (χ1) is 7.59. The Bertz CT molecular complexity index is 380. The highest BCUT2D eigenvalue weighted by Crippen LogP contribution is 2.15. The maximum atomic E-state index is 12.0. The van der Waals surface area contributed by atoms with E-state index in [0.29, 0.717) is 5.56 Å². The van der Waals surface area contributed by atoms with Crippen molar-refractivity contribution in [2.24, 2.45) is 0 Å². The van der Waals surface area contributed by atoms with Crippen molar-refractivity contribution < 1.29 is 9.53 Å². The van der Waals surface area contributed by atoms with Crippen LogP contribution in [0.5, 0.6) is 0 Å². The molecular formula is C11H17N3O2. The maximum Gasteiger partial charge on any atom is 0.255 e. The first-order valence-electron chi connectivity index (χ1n) is 5.53. The van der Waals surface area contributed by atoms with Crippen molar-refractivity contribution >= 4 is 5.91 Å². The molecule has 2 rings (SSSR count). The molecule has 1 fully saturated rings. The van der Waals surface area contributed by atoms with Gasteiger partial charge >= 0.3 is 0 Å². The average Bonchev–Trinajstić information content (AvgIpc) is 2.75. The van der Waals surface area contributed by atoms with Gasteiger partial charge < -0.3 is 10.1 Å². The van der Waals surface area contributed by atoms with Crippen LogP contribution < -0.4 is 5.32 Å². The summed E-state index contributed by atoms with van der Waals surface area (Å²) in [6.07, 6.45) is 0.972. The van der Waals surface area contributed by atoms with E-state index in [9.17, 15) is 4.79 Å². The number of aromatic nitrogens is 2. The minimum Gasteiger partial charge on any atom is -0.376 e. The zero-order valence-corrected chi connectivity index (χ0v) is 9.83. The second-order valence-corrected chi connectivity index (χ2v) is 4.25. The fourth-order valence-electron chi connectivity index (χ4n) is 2.05. The van der Waals surface area contributed by atoms with Crippen LogP contribution in [-0.4, -0.2) is 34.9 Å². The molecule has 0 saturated carbocycles. The van der Waals surface area contributed by atoms with Crippen LogP contribution in [0.15, 0.2) is 0 Å². The summed E-state index contributed by atoms with van der Waals surface area (Å²) in [6, 6.07) is 0.112. The molecule has 0 radical (unpaired) electrons. The Morgan fingerprint density at radius 1 is 1.56 bits per heavy atom. The molecule has 2 heterocycles. The monoisotopic (exact) mass is 223 g/mol. The van der Waals surface area contributed by atoms with E-state index < -0.39 is 0 Å². The Kier molecular flexibility index (Phi) is 2.96. The summed E-state index contributed by atoms with van der Waals surface area (Å²) >= 11 is 0. The Hall–Kier alpha value is -1.36. The van der Waals surface area contributed by atoms with Crippen molar-refractivity contribution in [2.75, 3.05) is 6.61 Å². The van der Waals surface area contributed by atoms with Gasteiger partial charge in [0.05, 0.1) is 23.4 Å². The van der Waals surface area contributed by atoms with E-state index in [1.54, 1.807) is 0 Å². The zero-order valence-electron chi connectivity index (χ0n) is 9.83. The number of carbonyl (C=O) groups is 1. The van der Waals surface area contributed by atoms with Crippen LogP contribution in [0.1, 0.15) is 35.1 Å². The number of nitrogens with one attached hydrogen (secondary N) is 2. The number of carbonyl (C=O) groups excluding carboxylic acids is 1. The lowest BCUT2D eigenvalue weighted by molar-refractivity contribution is 0.0865. The van der Waals surface area contributed by atoms with Crippen molar-refractivity contribution in [1.29, 1.82) is 0 Å². The number of ether oxygens (including phenoxy) is 1. The lowest BCUT2D eigenvalue weighted by Gasteiger charge is -2.15. The zero-order chi connectivity index (χ0) is 11.7. The fraction of sp³-hybridized carbons (Fsp3) is 0.636. The molecule has 1 aliphatic heterocycles. The summed E-state index contributed by atoms with van der Waals surface area (Å²) in [7, 11) is 0. The predicted octanol–water partition coefficient (Wildman–Crippen LogP) is 0.934. The number of amides is 1. The van der Waals surface area contributed by atoms with Gasteiger partial charge in [0.25, 0.3) is 5.91 Å². The molecule has 1 aromatic rings. The fourth-order valence-corrected chi connectivity index (χ4v) is 2.05. The number of nitrogens with zero attached hydrogens (tertiary/aromatic N) is 1. The minimum atomic E-state index is -0.0638. The Morgan fingerprint density at radius 3 is 2.81 bits per heavy atom. The molecule has 0 aliphatic carbocycles. The Balaban J connectivity index is 2.08. The van der Waals surface area contributed by atoms with Gasteiger partial charge in [-0.3, -0.25) is 9.89 Å². The SMILES string of the molecule is Cc1n[nH]c(C)c1C(=O)NC1CCOC1C. The third kappa shape index (κ3) is 1.95. The molecule has 2 atom stereocenters. The molecule has 0 aromatic carbocycles. The summed E-state index contributed by atoms with van der Waals surface area (Å²) in [4.78, 5) is 12.0. The van der Waals surface area contributed by atoms with Crippen molar-refractivity contribution in [3.63, 3.8) is 0 Å². The topological polar surface area (TPSA) is 67.0 Å². The molecule has 2 unspecified atom stereocenters. The number of H-pyrrole nitrogens is 1. The summed E-state index contributed by atoms with van der Waals surface area (Å²) in [6.45, 7) is 6.37. The van der Waals surface area contributed by atoms with Crippen LogP contribution in [0.2, 0.25) is 0 Å². The lowest BCUT2D eigenvalue weighted by atomic mass is 10.1. The third-order valence-electron chi connectivity index (χ3n) is 3.05. The highest BCUT2D eigenvalue weighted by molar-refractivity contribution is 5.96. The van der Waals surface area contributed by atoms with Crippen LogP contribution in [0.3, 0.4) is 0 Å². The van der Waals surface area contributed by atoms with Gasteiger partial charge in [-0.25, -0.2) is 0 Å². The molecular weight excluding hydrogens is 206 g/mol. The molecule has 1 aromatic heterocycles. The molecule has 5 nitrogen and oxygen atoms in total. The number of aryl methyl sites for hydroxylation is 2. The van der Waals surface area contributed by atoms with Crippen LogP contribution in [0.25, 0.3) is 0 Å². The van der Waals surface area contributed by atoms with E-state index in [1.165, 1.54) is 0 Å². The van der Waals surface area contributed by atoms with Gasteiger partial charge in [-0.1, -0.05) is 0 Å². The van der Waals surface area contributed by atoms with E-state index in [0.717, 1.165) is 24.4 Å². The van der Waals surface area contributed by atoms with Gasteiger partial charge in [-0.05, 0) is 27.2 Å². The van der Waals surface area contributed by atoms with Gasteiger partial charge in [0.2, 0.25) is 0 Å². The second kappa shape index (κ2) is 4.25. The molecule has 1 aliphatic rings.